The van der Waals surface area contributed by atoms with Crippen molar-refractivity contribution in [2.45, 2.75) is 39.2 Å². The van der Waals surface area contributed by atoms with Gasteiger partial charge in [-0.05, 0) is 50.3 Å². The van der Waals surface area contributed by atoms with Gasteiger partial charge in [0.1, 0.15) is 5.69 Å². The number of aromatic nitrogens is 3. The highest BCUT2D eigenvalue weighted by Gasteiger charge is 2.42. The predicted octanol–water partition coefficient (Wildman–Crippen LogP) is 6.04. The molecule has 4 rings (SSSR count). The average Bonchev–Trinajstić information content (AvgIpc) is 3.32. The Morgan fingerprint density at radius 1 is 1.37 bits per heavy atom. The summed E-state index contributed by atoms with van der Waals surface area (Å²) in [6.07, 6.45) is 6.52. The van der Waals surface area contributed by atoms with E-state index in [0.29, 0.717) is 21.7 Å². The normalized spacial score (nSPS) is 14.7. The zero-order valence-electron chi connectivity index (χ0n) is 17.2. The van der Waals surface area contributed by atoms with Crippen LogP contribution in [0.25, 0.3) is 11.3 Å². The maximum atomic E-state index is 13.4. The van der Waals surface area contributed by atoms with Crippen molar-refractivity contribution in [2.75, 3.05) is 11.4 Å². The molecule has 0 spiro atoms. The molecule has 0 bridgehead atoms. The van der Waals surface area contributed by atoms with Gasteiger partial charge in [-0.2, -0.15) is 0 Å². The predicted molar refractivity (Wildman–Crippen MR) is 124 cm³/mol. The number of rotatable bonds is 8. The number of hydrogen-bond donors (Lipinski definition) is 0. The highest BCUT2D eigenvalue weighted by Crippen LogP contribution is 2.42. The van der Waals surface area contributed by atoms with E-state index >= 15 is 0 Å². The van der Waals surface area contributed by atoms with E-state index in [1.54, 1.807) is 29.9 Å². The third-order valence-electron chi connectivity index (χ3n) is 5.31. The number of benzene rings is 1. The van der Waals surface area contributed by atoms with E-state index in [-0.39, 0.29) is 11.8 Å². The van der Waals surface area contributed by atoms with Gasteiger partial charge in [0.25, 0.3) is 0 Å². The molecule has 2 aromatic heterocycles. The van der Waals surface area contributed by atoms with Gasteiger partial charge in [-0.1, -0.05) is 30.1 Å². The van der Waals surface area contributed by atoms with Gasteiger partial charge >= 0.3 is 0 Å². The van der Waals surface area contributed by atoms with Crippen molar-refractivity contribution in [3.63, 3.8) is 0 Å². The van der Waals surface area contributed by atoms with Crippen molar-refractivity contribution >= 4 is 45.5 Å². The summed E-state index contributed by atoms with van der Waals surface area (Å²) in [6, 6.07) is 5.22. The van der Waals surface area contributed by atoms with Gasteiger partial charge in [-0.3, -0.25) is 4.79 Å². The zero-order chi connectivity index (χ0) is 21.4. The van der Waals surface area contributed by atoms with Crippen LogP contribution in [-0.2, 0) is 7.05 Å². The van der Waals surface area contributed by atoms with Crippen LogP contribution in [0.15, 0.2) is 30.7 Å². The Labute approximate surface area is 190 Å². The Bertz CT molecular complexity index is 1070. The molecule has 0 amide bonds. The minimum atomic E-state index is -0.237. The maximum absolute atomic E-state index is 13.4. The number of Topliss-reactive ketones (excluding diaryl/α,β-unsaturated/α-hetero) is 1. The third-order valence-corrected chi connectivity index (χ3v) is 6.87. The number of carbonyl (C=O) groups is 1. The first-order valence-corrected chi connectivity index (χ1v) is 11.7. The molecular weight excluding hydrogens is 439 g/mol. The molecule has 0 radical (unpaired) electrons. The molecule has 2 heterocycles. The minimum absolute atomic E-state index is 0.0745. The number of aryl methyl sites for hydroxylation is 2. The summed E-state index contributed by atoms with van der Waals surface area (Å²) < 4.78 is 1.82. The fraction of sp³-hybridized carbons (Fsp3) is 0.409. The molecule has 1 aliphatic rings. The smallest absolute Gasteiger partial charge is 0.205 e. The second kappa shape index (κ2) is 8.69. The van der Waals surface area contributed by atoms with Crippen LogP contribution < -0.4 is 4.90 Å². The van der Waals surface area contributed by atoms with Crippen molar-refractivity contribution in [1.29, 1.82) is 0 Å². The van der Waals surface area contributed by atoms with Crippen LogP contribution in [0.4, 0.5) is 5.13 Å². The molecule has 3 aromatic rings. The molecule has 158 valence electrons. The van der Waals surface area contributed by atoms with Crippen LogP contribution in [0.3, 0.4) is 0 Å². The average molecular weight is 463 g/mol. The van der Waals surface area contributed by atoms with Crippen LogP contribution in [0, 0.1) is 12.8 Å². The topological polar surface area (TPSA) is 51.0 Å². The van der Waals surface area contributed by atoms with Crippen molar-refractivity contribution in [3.05, 3.63) is 51.3 Å². The summed E-state index contributed by atoms with van der Waals surface area (Å²) in [7, 11) is 1.88. The number of imidazole rings is 1. The Balaban J connectivity index is 1.72. The second-order valence-electron chi connectivity index (χ2n) is 7.79. The van der Waals surface area contributed by atoms with E-state index < -0.39 is 0 Å². The van der Waals surface area contributed by atoms with E-state index in [1.165, 1.54) is 0 Å². The first kappa shape index (κ1) is 21.3. The molecule has 0 saturated heterocycles. The Morgan fingerprint density at radius 3 is 2.73 bits per heavy atom. The Kier molecular flexibility index (Phi) is 6.19. The summed E-state index contributed by atoms with van der Waals surface area (Å²) in [5.41, 5.74) is 2.22. The molecule has 1 saturated carbocycles. The van der Waals surface area contributed by atoms with Crippen LogP contribution in [0.1, 0.15) is 41.6 Å². The quantitative estimate of drug-likeness (QED) is 0.383. The molecule has 1 aromatic carbocycles. The monoisotopic (exact) mass is 462 g/mol. The fourth-order valence-corrected chi connectivity index (χ4v) is 5.23. The SMILES string of the molecule is CCCN(c1nc(-c2ccc(Cl)cc2Cl)c(C)s1)C(C(=O)c1cn(C)cn1)C1CC1. The second-order valence-corrected chi connectivity index (χ2v) is 9.81. The van der Waals surface area contributed by atoms with Gasteiger partial charge in [0.2, 0.25) is 5.78 Å². The van der Waals surface area contributed by atoms with Gasteiger partial charge < -0.3 is 9.47 Å². The van der Waals surface area contributed by atoms with E-state index in [4.69, 9.17) is 28.2 Å². The first-order valence-electron chi connectivity index (χ1n) is 10.1. The van der Waals surface area contributed by atoms with Gasteiger partial charge in [0.05, 0.1) is 23.1 Å². The van der Waals surface area contributed by atoms with Crippen molar-refractivity contribution in [2.24, 2.45) is 13.0 Å². The minimum Gasteiger partial charge on any atom is -0.340 e. The Hall–Kier alpha value is -1.89. The first-order chi connectivity index (χ1) is 14.4. The molecule has 30 heavy (non-hydrogen) atoms. The largest absolute Gasteiger partial charge is 0.340 e. The van der Waals surface area contributed by atoms with Crippen LogP contribution >= 0.6 is 34.5 Å². The lowest BCUT2D eigenvalue weighted by Crippen LogP contribution is -2.43. The van der Waals surface area contributed by atoms with E-state index in [9.17, 15) is 4.79 Å². The molecule has 1 fully saturated rings. The number of ketones is 1. The lowest BCUT2D eigenvalue weighted by Gasteiger charge is -2.30. The standard InChI is InChI=1S/C22H24Cl2N4OS/c1-4-9-28(20(14-5-6-14)21(29)18-11-27(3)12-25-18)22-26-19(13(2)30-22)16-8-7-15(23)10-17(16)24/h7-8,10-12,14,20H,4-6,9H2,1-3H3. The van der Waals surface area contributed by atoms with Crippen LogP contribution in [0.5, 0.6) is 0 Å². The van der Waals surface area contributed by atoms with Gasteiger partial charge in [0.15, 0.2) is 5.13 Å². The molecule has 8 heteroatoms. The molecule has 1 atom stereocenters. The van der Waals surface area contributed by atoms with E-state index in [1.807, 2.05) is 30.7 Å². The zero-order valence-corrected chi connectivity index (χ0v) is 19.6. The highest BCUT2D eigenvalue weighted by atomic mass is 35.5. The van der Waals surface area contributed by atoms with E-state index in [2.05, 4.69) is 16.8 Å². The van der Waals surface area contributed by atoms with Crippen molar-refractivity contribution in [1.82, 2.24) is 14.5 Å². The molecule has 0 N–H and O–H groups in total. The molecule has 0 aliphatic heterocycles. The number of halogens is 2. The number of thiazole rings is 1. The summed E-state index contributed by atoms with van der Waals surface area (Å²) in [6.45, 7) is 4.93. The molecule has 5 nitrogen and oxygen atoms in total. The number of hydrogen-bond acceptors (Lipinski definition) is 5. The number of anilines is 1. The summed E-state index contributed by atoms with van der Waals surface area (Å²) in [5.74, 6) is 0.420. The third kappa shape index (κ3) is 4.27. The van der Waals surface area contributed by atoms with Crippen LogP contribution in [-0.4, -0.2) is 32.9 Å². The highest BCUT2D eigenvalue weighted by molar-refractivity contribution is 7.16. The van der Waals surface area contributed by atoms with Gasteiger partial charge in [-0.15, -0.1) is 11.3 Å². The van der Waals surface area contributed by atoms with Crippen LogP contribution in [0.2, 0.25) is 10.0 Å². The fourth-order valence-electron chi connectivity index (χ4n) is 3.74. The Morgan fingerprint density at radius 2 is 2.13 bits per heavy atom. The summed E-state index contributed by atoms with van der Waals surface area (Å²) in [4.78, 5) is 25.9. The molecular formula is C22H24Cl2N4OS. The van der Waals surface area contributed by atoms with Gasteiger partial charge in [0, 0.05) is 35.3 Å². The summed E-state index contributed by atoms with van der Waals surface area (Å²) in [5, 5.41) is 2.03. The maximum Gasteiger partial charge on any atom is 0.205 e. The lowest BCUT2D eigenvalue weighted by molar-refractivity contribution is 0.0942. The number of carbonyl (C=O) groups excluding carboxylic acids is 1. The van der Waals surface area contributed by atoms with Crippen molar-refractivity contribution in [3.8, 4) is 11.3 Å². The van der Waals surface area contributed by atoms with E-state index in [0.717, 1.165) is 47.1 Å². The lowest BCUT2D eigenvalue weighted by atomic mass is 10.0. The summed E-state index contributed by atoms with van der Waals surface area (Å²) >= 11 is 14.1. The van der Waals surface area contributed by atoms with Crippen molar-refractivity contribution < 1.29 is 4.79 Å². The molecule has 1 unspecified atom stereocenters. The van der Waals surface area contributed by atoms with Gasteiger partial charge in [-0.25, -0.2) is 9.97 Å². The molecule has 1 aliphatic carbocycles. The number of nitrogens with zero attached hydrogens (tertiary/aromatic N) is 4.